The molecule has 0 aliphatic carbocycles. The zero-order valence-corrected chi connectivity index (χ0v) is 8.50. The third-order valence-corrected chi connectivity index (χ3v) is 2.29. The van der Waals surface area contributed by atoms with Gasteiger partial charge >= 0.3 is 5.97 Å². The van der Waals surface area contributed by atoms with Gasteiger partial charge in [-0.15, -0.1) is 0 Å². The summed E-state index contributed by atoms with van der Waals surface area (Å²) in [4.78, 5) is 10.2. The monoisotopic (exact) mass is 220 g/mol. The number of carboxylic acids is 1. The van der Waals surface area contributed by atoms with Gasteiger partial charge in [0.25, 0.3) is 0 Å². The van der Waals surface area contributed by atoms with Gasteiger partial charge in [-0.2, -0.15) is 0 Å². The lowest BCUT2D eigenvalue weighted by atomic mass is 10.0. The molecule has 4 atom stereocenters. The fourth-order valence-electron chi connectivity index (χ4n) is 1.36. The summed E-state index contributed by atoms with van der Waals surface area (Å²) in [7, 11) is 0. The molecule has 1 fully saturated rings. The van der Waals surface area contributed by atoms with E-state index in [0.29, 0.717) is 0 Å². The van der Waals surface area contributed by atoms with Gasteiger partial charge in [0, 0.05) is 6.42 Å². The van der Waals surface area contributed by atoms with Crippen molar-refractivity contribution in [3.63, 3.8) is 0 Å². The SMILES string of the molecule is C[C@@H]1OC(OCCC(=O)O)[C@H](O)C[C@H]1O. The number of carboxylic acid groups (broad SMARTS) is 1. The van der Waals surface area contributed by atoms with Gasteiger partial charge in [-0.05, 0) is 6.92 Å². The summed E-state index contributed by atoms with van der Waals surface area (Å²) in [5.74, 6) is -0.964. The Kier molecular flexibility index (Phi) is 4.46. The molecule has 1 aliphatic rings. The molecule has 0 aromatic carbocycles. The Bertz CT molecular complexity index is 219. The van der Waals surface area contributed by atoms with E-state index in [1.807, 2.05) is 0 Å². The molecule has 0 radical (unpaired) electrons. The number of hydrogen-bond donors (Lipinski definition) is 3. The number of carbonyl (C=O) groups is 1. The Morgan fingerprint density at radius 3 is 2.73 bits per heavy atom. The van der Waals surface area contributed by atoms with Crippen molar-refractivity contribution in [2.24, 2.45) is 0 Å². The summed E-state index contributed by atoms with van der Waals surface area (Å²) in [6.45, 7) is 1.66. The number of hydrogen-bond acceptors (Lipinski definition) is 5. The van der Waals surface area contributed by atoms with Crippen LogP contribution in [0.15, 0.2) is 0 Å². The van der Waals surface area contributed by atoms with Crippen LogP contribution in [0, 0.1) is 0 Å². The minimum atomic E-state index is -0.964. The molecule has 0 bridgehead atoms. The van der Waals surface area contributed by atoms with Crippen molar-refractivity contribution < 1.29 is 29.6 Å². The summed E-state index contributed by atoms with van der Waals surface area (Å²) in [6, 6.07) is 0. The summed E-state index contributed by atoms with van der Waals surface area (Å²) in [5, 5.41) is 27.2. The zero-order chi connectivity index (χ0) is 11.4. The number of aliphatic carboxylic acids is 1. The molecule has 3 N–H and O–H groups in total. The van der Waals surface area contributed by atoms with Crippen LogP contribution in [0.25, 0.3) is 0 Å². The fourth-order valence-corrected chi connectivity index (χ4v) is 1.36. The van der Waals surface area contributed by atoms with E-state index < -0.39 is 30.6 Å². The van der Waals surface area contributed by atoms with Crippen LogP contribution in [-0.4, -0.2) is 52.5 Å². The van der Waals surface area contributed by atoms with E-state index in [0.717, 1.165) is 0 Å². The molecule has 15 heavy (non-hydrogen) atoms. The smallest absolute Gasteiger partial charge is 0.305 e. The van der Waals surface area contributed by atoms with Gasteiger partial charge in [-0.3, -0.25) is 4.79 Å². The summed E-state index contributed by atoms with van der Waals surface area (Å²) < 4.78 is 10.2. The highest BCUT2D eigenvalue weighted by molar-refractivity contribution is 5.66. The van der Waals surface area contributed by atoms with Crippen LogP contribution >= 0.6 is 0 Å². The maximum Gasteiger partial charge on any atom is 0.305 e. The topological polar surface area (TPSA) is 96.2 Å². The molecule has 0 saturated carbocycles. The second-order valence-corrected chi connectivity index (χ2v) is 3.59. The predicted molar refractivity (Wildman–Crippen MR) is 49.2 cm³/mol. The van der Waals surface area contributed by atoms with Crippen LogP contribution in [0.3, 0.4) is 0 Å². The first kappa shape index (κ1) is 12.4. The average Bonchev–Trinajstić information content (AvgIpc) is 2.13. The number of rotatable bonds is 4. The van der Waals surface area contributed by atoms with Gasteiger partial charge in [0.15, 0.2) is 6.29 Å². The van der Waals surface area contributed by atoms with Crippen molar-refractivity contribution in [2.45, 2.75) is 44.4 Å². The molecule has 0 aromatic rings. The van der Waals surface area contributed by atoms with Crippen molar-refractivity contribution >= 4 is 5.97 Å². The van der Waals surface area contributed by atoms with Gasteiger partial charge in [0.1, 0.15) is 6.10 Å². The number of aliphatic hydroxyl groups excluding tert-OH is 2. The molecular weight excluding hydrogens is 204 g/mol. The Balaban J connectivity index is 2.31. The van der Waals surface area contributed by atoms with E-state index >= 15 is 0 Å². The Labute approximate surface area is 87.4 Å². The highest BCUT2D eigenvalue weighted by Crippen LogP contribution is 2.20. The van der Waals surface area contributed by atoms with E-state index in [1.165, 1.54) is 0 Å². The van der Waals surface area contributed by atoms with Crippen LogP contribution in [0.2, 0.25) is 0 Å². The first-order valence-electron chi connectivity index (χ1n) is 4.85. The van der Waals surface area contributed by atoms with Gasteiger partial charge in [-0.1, -0.05) is 0 Å². The highest BCUT2D eigenvalue weighted by atomic mass is 16.7. The van der Waals surface area contributed by atoms with Crippen molar-refractivity contribution in [2.75, 3.05) is 6.61 Å². The molecule has 1 aliphatic heterocycles. The largest absolute Gasteiger partial charge is 0.481 e. The summed E-state index contributed by atoms with van der Waals surface area (Å²) >= 11 is 0. The van der Waals surface area contributed by atoms with E-state index in [2.05, 4.69) is 0 Å². The molecule has 6 nitrogen and oxygen atoms in total. The second kappa shape index (κ2) is 5.41. The molecule has 1 rings (SSSR count). The molecule has 6 heteroatoms. The maximum absolute atomic E-state index is 10.2. The van der Waals surface area contributed by atoms with E-state index in [-0.39, 0.29) is 19.4 Å². The highest BCUT2D eigenvalue weighted by Gasteiger charge is 2.34. The number of ether oxygens (including phenoxy) is 2. The normalized spacial score (nSPS) is 36.5. The van der Waals surface area contributed by atoms with E-state index in [1.54, 1.807) is 6.92 Å². The molecule has 0 amide bonds. The van der Waals surface area contributed by atoms with E-state index in [4.69, 9.17) is 14.6 Å². The Morgan fingerprint density at radius 2 is 2.13 bits per heavy atom. The van der Waals surface area contributed by atoms with Crippen LogP contribution < -0.4 is 0 Å². The van der Waals surface area contributed by atoms with Crippen molar-refractivity contribution in [3.8, 4) is 0 Å². The molecular formula is C9H16O6. The summed E-state index contributed by atoms with van der Waals surface area (Å²) in [5.41, 5.74) is 0. The first-order valence-corrected chi connectivity index (χ1v) is 4.85. The quantitative estimate of drug-likeness (QED) is 0.581. The zero-order valence-electron chi connectivity index (χ0n) is 8.50. The molecule has 1 saturated heterocycles. The van der Waals surface area contributed by atoms with Crippen molar-refractivity contribution in [3.05, 3.63) is 0 Å². The lowest BCUT2D eigenvalue weighted by Gasteiger charge is -2.35. The molecule has 0 spiro atoms. The van der Waals surface area contributed by atoms with Crippen molar-refractivity contribution in [1.82, 2.24) is 0 Å². The first-order chi connectivity index (χ1) is 7.00. The minimum absolute atomic E-state index is 0.0140. The molecule has 88 valence electrons. The van der Waals surface area contributed by atoms with Crippen LogP contribution in [0.4, 0.5) is 0 Å². The maximum atomic E-state index is 10.2. The van der Waals surface area contributed by atoms with Gasteiger partial charge < -0.3 is 24.8 Å². The van der Waals surface area contributed by atoms with Gasteiger partial charge in [-0.25, -0.2) is 0 Å². The van der Waals surface area contributed by atoms with E-state index in [9.17, 15) is 15.0 Å². The van der Waals surface area contributed by atoms with Gasteiger partial charge in [0.05, 0.1) is 25.2 Å². The van der Waals surface area contributed by atoms with Gasteiger partial charge in [0.2, 0.25) is 0 Å². The fraction of sp³-hybridized carbons (Fsp3) is 0.889. The van der Waals surface area contributed by atoms with Crippen molar-refractivity contribution in [1.29, 1.82) is 0 Å². The van der Waals surface area contributed by atoms with Crippen LogP contribution in [0.5, 0.6) is 0 Å². The molecule has 1 heterocycles. The third-order valence-electron chi connectivity index (χ3n) is 2.29. The van der Waals surface area contributed by atoms with Crippen LogP contribution in [0.1, 0.15) is 19.8 Å². The number of aliphatic hydroxyl groups is 2. The Hall–Kier alpha value is -0.690. The predicted octanol–water partition coefficient (Wildman–Crippen LogP) is -0.666. The lowest BCUT2D eigenvalue weighted by molar-refractivity contribution is -0.260. The third kappa shape index (κ3) is 3.75. The van der Waals surface area contributed by atoms with Crippen LogP contribution in [-0.2, 0) is 14.3 Å². The minimum Gasteiger partial charge on any atom is -0.481 e. The lowest BCUT2D eigenvalue weighted by Crippen LogP contribution is -2.47. The molecule has 1 unspecified atom stereocenters. The standard InChI is InChI=1S/C9H16O6/c1-5-6(10)4-7(11)9(15-5)14-3-2-8(12)13/h5-7,9-11H,2-4H2,1H3,(H,12,13)/t5-,6+,7+,9?/m0/s1. The Morgan fingerprint density at radius 1 is 1.47 bits per heavy atom. The summed E-state index contributed by atoms with van der Waals surface area (Å²) in [6.07, 6.45) is -2.84. The molecule has 0 aromatic heterocycles. The second-order valence-electron chi connectivity index (χ2n) is 3.59. The average molecular weight is 220 g/mol.